The quantitative estimate of drug-likeness (QED) is 0.916. The van der Waals surface area contributed by atoms with Gasteiger partial charge in [-0.05, 0) is 31.4 Å². The molecule has 2 aromatic rings. The van der Waals surface area contributed by atoms with Gasteiger partial charge in [-0.1, -0.05) is 18.9 Å². The summed E-state index contributed by atoms with van der Waals surface area (Å²) in [6.07, 6.45) is 8.99. The first kappa shape index (κ1) is 12.2. The van der Waals surface area contributed by atoms with Gasteiger partial charge in [-0.25, -0.2) is 4.98 Å². The van der Waals surface area contributed by atoms with E-state index in [-0.39, 0.29) is 5.91 Å². The number of hydrogen-bond donors (Lipinski definition) is 1. The fraction of sp³-hybridized carbons (Fsp3) is 0.467. The predicted molar refractivity (Wildman–Crippen MR) is 74.0 cm³/mol. The molecule has 1 amide bonds. The highest BCUT2D eigenvalue weighted by atomic mass is 16.1. The van der Waals surface area contributed by atoms with Crippen molar-refractivity contribution in [3.63, 3.8) is 0 Å². The monoisotopic (exact) mass is 257 g/mol. The summed E-state index contributed by atoms with van der Waals surface area (Å²) in [5.41, 5.74) is 2.90. The van der Waals surface area contributed by atoms with Crippen molar-refractivity contribution in [1.82, 2.24) is 14.7 Å². The Morgan fingerprint density at radius 3 is 3.00 bits per heavy atom. The lowest BCUT2D eigenvalue weighted by atomic mass is 10.2. The normalized spacial score (nSPS) is 16.1. The zero-order valence-corrected chi connectivity index (χ0v) is 11.2. The highest BCUT2D eigenvalue weighted by Crippen LogP contribution is 2.17. The van der Waals surface area contributed by atoms with E-state index >= 15 is 0 Å². The number of fused-ring (bicyclic) bond motifs is 1. The van der Waals surface area contributed by atoms with Gasteiger partial charge in [-0.15, -0.1) is 0 Å². The van der Waals surface area contributed by atoms with Gasteiger partial charge in [0, 0.05) is 18.4 Å². The van der Waals surface area contributed by atoms with Crippen molar-refractivity contribution >= 4 is 11.6 Å². The predicted octanol–water partition coefficient (Wildman–Crippen LogP) is 2.24. The Bertz CT molecular complexity index is 596. The summed E-state index contributed by atoms with van der Waals surface area (Å²) < 4.78 is 1.98. The van der Waals surface area contributed by atoms with E-state index in [1.54, 1.807) is 0 Å². The molecule has 1 N–H and O–H groups in total. The molecule has 0 atom stereocenters. The summed E-state index contributed by atoms with van der Waals surface area (Å²) >= 11 is 0. The second kappa shape index (κ2) is 5.03. The minimum atomic E-state index is 0.0907. The summed E-state index contributed by atoms with van der Waals surface area (Å²) in [6.45, 7) is 2.03. The van der Waals surface area contributed by atoms with Crippen LogP contribution in [0.15, 0.2) is 24.5 Å². The lowest BCUT2D eigenvalue weighted by Crippen LogP contribution is -2.33. The zero-order valence-electron chi connectivity index (χ0n) is 11.2. The zero-order chi connectivity index (χ0) is 13.2. The van der Waals surface area contributed by atoms with Gasteiger partial charge in [-0.2, -0.15) is 0 Å². The number of amides is 1. The molecule has 0 bridgehead atoms. The van der Waals surface area contributed by atoms with Crippen LogP contribution in [0.4, 0.5) is 0 Å². The number of nitrogens with zero attached hydrogens (tertiary/aromatic N) is 2. The molecule has 4 heteroatoms. The van der Waals surface area contributed by atoms with Crippen LogP contribution in [0.3, 0.4) is 0 Å². The molecule has 0 aliphatic heterocycles. The summed E-state index contributed by atoms with van der Waals surface area (Å²) in [7, 11) is 0. The lowest BCUT2D eigenvalue weighted by molar-refractivity contribution is -0.121. The lowest BCUT2D eigenvalue weighted by Gasteiger charge is -2.10. The molecule has 1 aliphatic rings. The number of pyridine rings is 1. The SMILES string of the molecule is Cc1cccn2cc(CC(=O)NC3CCCC3)nc12. The second-order valence-corrected chi connectivity index (χ2v) is 5.38. The molecule has 1 saturated carbocycles. The van der Waals surface area contributed by atoms with Crippen molar-refractivity contribution in [3.8, 4) is 0 Å². The maximum Gasteiger partial charge on any atom is 0.226 e. The Morgan fingerprint density at radius 1 is 1.47 bits per heavy atom. The Labute approximate surface area is 112 Å². The molecular weight excluding hydrogens is 238 g/mol. The maximum atomic E-state index is 12.0. The number of aryl methyl sites for hydroxylation is 1. The second-order valence-electron chi connectivity index (χ2n) is 5.38. The number of rotatable bonds is 3. The summed E-state index contributed by atoms with van der Waals surface area (Å²) in [6, 6.07) is 4.41. The van der Waals surface area contributed by atoms with E-state index in [9.17, 15) is 4.79 Å². The molecule has 3 rings (SSSR count). The molecule has 0 radical (unpaired) electrons. The van der Waals surface area contributed by atoms with E-state index in [4.69, 9.17) is 0 Å². The largest absolute Gasteiger partial charge is 0.353 e. The van der Waals surface area contributed by atoms with Crippen LogP contribution in [0.5, 0.6) is 0 Å². The average Bonchev–Trinajstić information content (AvgIpc) is 2.98. The third kappa shape index (κ3) is 2.62. The third-order valence-corrected chi connectivity index (χ3v) is 3.79. The van der Waals surface area contributed by atoms with Crippen molar-refractivity contribution in [1.29, 1.82) is 0 Å². The van der Waals surface area contributed by atoms with Crippen molar-refractivity contribution in [3.05, 3.63) is 35.8 Å². The Hall–Kier alpha value is -1.84. The smallest absolute Gasteiger partial charge is 0.226 e. The van der Waals surface area contributed by atoms with Crippen LogP contribution in [0.1, 0.15) is 36.9 Å². The van der Waals surface area contributed by atoms with Gasteiger partial charge >= 0.3 is 0 Å². The van der Waals surface area contributed by atoms with Crippen LogP contribution < -0.4 is 5.32 Å². The van der Waals surface area contributed by atoms with E-state index in [2.05, 4.69) is 10.3 Å². The Kier molecular flexibility index (Phi) is 3.23. The number of carbonyl (C=O) groups excluding carboxylic acids is 1. The molecule has 100 valence electrons. The van der Waals surface area contributed by atoms with E-state index in [0.29, 0.717) is 12.5 Å². The van der Waals surface area contributed by atoms with Gasteiger partial charge in [-0.3, -0.25) is 4.79 Å². The first-order valence-corrected chi connectivity index (χ1v) is 6.95. The van der Waals surface area contributed by atoms with Gasteiger partial charge < -0.3 is 9.72 Å². The van der Waals surface area contributed by atoms with Crippen molar-refractivity contribution < 1.29 is 4.79 Å². The van der Waals surface area contributed by atoms with Crippen molar-refractivity contribution in [2.75, 3.05) is 0 Å². The maximum absolute atomic E-state index is 12.0. The van der Waals surface area contributed by atoms with Crippen LogP contribution >= 0.6 is 0 Å². The fourth-order valence-electron chi connectivity index (χ4n) is 2.80. The molecule has 0 unspecified atom stereocenters. The van der Waals surface area contributed by atoms with Gasteiger partial charge in [0.2, 0.25) is 5.91 Å². The van der Waals surface area contributed by atoms with Crippen LogP contribution in [0, 0.1) is 6.92 Å². The molecule has 1 aliphatic carbocycles. The van der Waals surface area contributed by atoms with Gasteiger partial charge in [0.25, 0.3) is 0 Å². The molecule has 0 spiro atoms. The van der Waals surface area contributed by atoms with Crippen LogP contribution in [0.25, 0.3) is 5.65 Å². The molecule has 2 aromatic heterocycles. The number of hydrogen-bond acceptors (Lipinski definition) is 2. The van der Waals surface area contributed by atoms with Crippen LogP contribution in [-0.2, 0) is 11.2 Å². The first-order valence-electron chi connectivity index (χ1n) is 6.95. The third-order valence-electron chi connectivity index (χ3n) is 3.79. The summed E-state index contributed by atoms with van der Waals surface area (Å²) in [5, 5.41) is 3.10. The van der Waals surface area contributed by atoms with Crippen LogP contribution in [-0.4, -0.2) is 21.3 Å². The number of nitrogens with one attached hydrogen (secondary N) is 1. The summed E-state index contributed by atoms with van der Waals surface area (Å²) in [4.78, 5) is 16.5. The van der Waals surface area contributed by atoms with E-state index in [0.717, 1.165) is 29.7 Å². The standard InChI is InChI=1S/C15H19N3O/c1-11-5-4-8-18-10-13(17-15(11)18)9-14(19)16-12-6-2-3-7-12/h4-5,8,10,12H,2-3,6-7,9H2,1H3,(H,16,19). The molecule has 1 fully saturated rings. The molecule has 0 aromatic carbocycles. The molecule has 0 saturated heterocycles. The van der Waals surface area contributed by atoms with Crippen molar-refractivity contribution in [2.45, 2.75) is 45.1 Å². The molecular formula is C15H19N3O. The highest BCUT2D eigenvalue weighted by Gasteiger charge is 2.17. The minimum Gasteiger partial charge on any atom is -0.353 e. The molecule has 2 heterocycles. The van der Waals surface area contributed by atoms with Gasteiger partial charge in [0.05, 0.1) is 12.1 Å². The van der Waals surface area contributed by atoms with Crippen LogP contribution in [0.2, 0.25) is 0 Å². The van der Waals surface area contributed by atoms with E-state index in [1.165, 1.54) is 12.8 Å². The first-order chi connectivity index (χ1) is 9.22. The topological polar surface area (TPSA) is 46.4 Å². The molecule has 4 nitrogen and oxygen atoms in total. The van der Waals surface area contributed by atoms with E-state index in [1.807, 2.05) is 35.9 Å². The fourth-order valence-corrected chi connectivity index (χ4v) is 2.80. The van der Waals surface area contributed by atoms with E-state index < -0.39 is 0 Å². The number of carbonyl (C=O) groups is 1. The Morgan fingerprint density at radius 2 is 2.26 bits per heavy atom. The Balaban J connectivity index is 1.70. The van der Waals surface area contributed by atoms with Crippen molar-refractivity contribution in [2.24, 2.45) is 0 Å². The number of aromatic nitrogens is 2. The number of imidazole rings is 1. The summed E-state index contributed by atoms with van der Waals surface area (Å²) in [5.74, 6) is 0.0907. The van der Waals surface area contributed by atoms with Gasteiger partial charge in [0.1, 0.15) is 5.65 Å². The van der Waals surface area contributed by atoms with Gasteiger partial charge in [0.15, 0.2) is 0 Å². The minimum absolute atomic E-state index is 0.0907. The average molecular weight is 257 g/mol. The molecule has 19 heavy (non-hydrogen) atoms. The highest BCUT2D eigenvalue weighted by molar-refractivity contribution is 5.78.